The van der Waals surface area contributed by atoms with Gasteiger partial charge >= 0.3 is 0 Å². The highest BCUT2D eigenvalue weighted by Crippen LogP contribution is 2.20. The molecule has 2 saturated heterocycles. The fourth-order valence-electron chi connectivity index (χ4n) is 4.02. The molecule has 4 rings (SSSR count). The summed E-state index contributed by atoms with van der Waals surface area (Å²) in [5.41, 5.74) is 2.08. The minimum absolute atomic E-state index is 0.00193. The monoisotopic (exact) mass is 368 g/mol. The van der Waals surface area contributed by atoms with Crippen molar-refractivity contribution in [1.82, 2.24) is 20.0 Å². The van der Waals surface area contributed by atoms with Crippen LogP contribution in [0.1, 0.15) is 30.1 Å². The van der Waals surface area contributed by atoms with E-state index in [1.807, 2.05) is 0 Å². The lowest BCUT2D eigenvalue weighted by atomic mass is 9.96. The second-order valence-electron chi connectivity index (χ2n) is 7.54. The Balaban J connectivity index is 1.34. The van der Waals surface area contributed by atoms with Crippen LogP contribution in [-0.2, 0) is 17.8 Å². The molecule has 1 unspecified atom stereocenters. The maximum atomic E-state index is 12.8. The number of hydrogen-bond donors (Lipinski definition) is 1. The van der Waals surface area contributed by atoms with E-state index in [-0.39, 0.29) is 11.7 Å². The van der Waals surface area contributed by atoms with E-state index in [2.05, 4.69) is 45.6 Å². The van der Waals surface area contributed by atoms with Gasteiger partial charge in [0.1, 0.15) is 6.10 Å². The predicted octanol–water partition coefficient (Wildman–Crippen LogP) is 1.82. The van der Waals surface area contributed by atoms with Crippen LogP contribution in [0.3, 0.4) is 0 Å². The van der Waals surface area contributed by atoms with Crippen molar-refractivity contribution in [3.05, 3.63) is 64.1 Å². The standard InChI is InChI=1S/C21H28N4O2/c26-21-19(20-14-22-10-13-27-20)6-9-23-25(21)16-18-7-11-24(12-8-18)15-17-4-2-1-3-5-17/h1-6,9,18,20,22H,7-8,10-16H2. The van der Waals surface area contributed by atoms with Gasteiger partial charge in [-0.05, 0) is 43.5 Å². The van der Waals surface area contributed by atoms with Crippen molar-refractivity contribution in [3.63, 3.8) is 0 Å². The van der Waals surface area contributed by atoms with Crippen molar-refractivity contribution < 1.29 is 4.74 Å². The molecular weight excluding hydrogens is 340 g/mol. The second kappa shape index (κ2) is 8.78. The number of hydrogen-bond acceptors (Lipinski definition) is 5. The molecule has 2 aliphatic rings. The van der Waals surface area contributed by atoms with Crippen LogP contribution in [0.15, 0.2) is 47.4 Å². The highest BCUT2D eigenvalue weighted by molar-refractivity contribution is 5.14. The topological polar surface area (TPSA) is 59.4 Å². The first-order valence-electron chi connectivity index (χ1n) is 9.94. The Hall–Kier alpha value is -2.02. The van der Waals surface area contributed by atoms with Crippen molar-refractivity contribution >= 4 is 0 Å². The van der Waals surface area contributed by atoms with Crippen LogP contribution in [0.5, 0.6) is 0 Å². The van der Waals surface area contributed by atoms with E-state index >= 15 is 0 Å². The molecule has 1 atom stereocenters. The van der Waals surface area contributed by atoms with Crippen molar-refractivity contribution in [2.24, 2.45) is 5.92 Å². The summed E-state index contributed by atoms with van der Waals surface area (Å²) in [6.07, 6.45) is 3.78. The zero-order valence-corrected chi connectivity index (χ0v) is 15.7. The van der Waals surface area contributed by atoms with Gasteiger partial charge in [-0.2, -0.15) is 5.10 Å². The van der Waals surface area contributed by atoms with Gasteiger partial charge in [-0.15, -0.1) is 0 Å². The number of nitrogens with one attached hydrogen (secondary N) is 1. The summed E-state index contributed by atoms with van der Waals surface area (Å²) in [7, 11) is 0. The molecule has 2 aromatic rings. The predicted molar refractivity (Wildman–Crippen MR) is 105 cm³/mol. The quantitative estimate of drug-likeness (QED) is 0.872. The zero-order chi connectivity index (χ0) is 18.5. The van der Waals surface area contributed by atoms with Crippen LogP contribution in [-0.4, -0.2) is 47.5 Å². The van der Waals surface area contributed by atoms with Crippen molar-refractivity contribution in [2.75, 3.05) is 32.8 Å². The first kappa shape index (κ1) is 18.3. The van der Waals surface area contributed by atoms with Gasteiger partial charge in [0.25, 0.3) is 5.56 Å². The molecule has 0 amide bonds. The highest BCUT2D eigenvalue weighted by atomic mass is 16.5. The molecule has 1 aromatic heterocycles. The van der Waals surface area contributed by atoms with Gasteiger partial charge in [-0.25, -0.2) is 4.68 Å². The average molecular weight is 368 g/mol. The van der Waals surface area contributed by atoms with Gasteiger partial charge < -0.3 is 10.1 Å². The molecule has 144 valence electrons. The first-order chi connectivity index (χ1) is 13.3. The summed E-state index contributed by atoms with van der Waals surface area (Å²) in [4.78, 5) is 15.3. The largest absolute Gasteiger partial charge is 0.371 e. The Kier molecular flexibility index (Phi) is 5.97. The lowest BCUT2D eigenvalue weighted by Crippen LogP contribution is -2.39. The molecule has 2 fully saturated rings. The smallest absolute Gasteiger partial charge is 0.272 e. The molecule has 6 heteroatoms. The maximum absolute atomic E-state index is 12.8. The number of aromatic nitrogens is 2. The van der Waals surface area contributed by atoms with Gasteiger partial charge in [0, 0.05) is 32.4 Å². The Morgan fingerprint density at radius 2 is 1.96 bits per heavy atom. The summed E-state index contributed by atoms with van der Waals surface area (Å²) < 4.78 is 7.39. The number of benzene rings is 1. The number of ether oxygens (including phenoxy) is 1. The third kappa shape index (κ3) is 4.64. The van der Waals surface area contributed by atoms with Gasteiger partial charge in [0.2, 0.25) is 0 Å². The molecule has 1 aromatic carbocycles. The van der Waals surface area contributed by atoms with E-state index in [0.29, 0.717) is 25.6 Å². The Morgan fingerprint density at radius 3 is 2.70 bits per heavy atom. The lowest BCUT2D eigenvalue weighted by molar-refractivity contribution is 0.0262. The molecule has 2 aliphatic heterocycles. The van der Waals surface area contributed by atoms with E-state index in [9.17, 15) is 4.79 Å². The molecule has 6 nitrogen and oxygen atoms in total. The lowest BCUT2D eigenvalue weighted by Gasteiger charge is -2.32. The third-order valence-electron chi connectivity index (χ3n) is 5.60. The molecule has 3 heterocycles. The normalized spacial score (nSPS) is 22.0. The van der Waals surface area contributed by atoms with Crippen LogP contribution < -0.4 is 10.9 Å². The van der Waals surface area contributed by atoms with Crippen molar-refractivity contribution in [2.45, 2.75) is 32.0 Å². The van der Waals surface area contributed by atoms with E-state index in [1.54, 1.807) is 16.9 Å². The van der Waals surface area contributed by atoms with E-state index < -0.39 is 0 Å². The Labute approximate surface area is 160 Å². The number of nitrogens with zero attached hydrogens (tertiary/aromatic N) is 3. The molecule has 1 N–H and O–H groups in total. The molecule has 0 spiro atoms. The van der Waals surface area contributed by atoms with Crippen LogP contribution in [0.2, 0.25) is 0 Å². The van der Waals surface area contributed by atoms with E-state index in [4.69, 9.17) is 4.74 Å². The van der Waals surface area contributed by atoms with Gasteiger partial charge in [0.05, 0.1) is 12.2 Å². The summed E-state index contributed by atoms with van der Waals surface area (Å²) >= 11 is 0. The molecule has 0 aliphatic carbocycles. The SMILES string of the molecule is O=c1c(C2CNCCO2)ccnn1CC1CCN(Cc2ccccc2)CC1. The minimum Gasteiger partial charge on any atom is -0.371 e. The van der Waals surface area contributed by atoms with Crippen molar-refractivity contribution in [3.8, 4) is 0 Å². The zero-order valence-electron chi connectivity index (χ0n) is 15.7. The third-order valence-corrected chi connectivity index (χ3v) is 5.60. The van der Waals surface area contributed by atoms with Crippen LogP contribution in [0.25, 0.3) is 0 Å². The molecule has 0 bridgehead atoms. The van der Waals surface area contributed by atoms with E-state index in [0.717, 1.165) is 44.6 Å². The summed E-state index contributed by atoms with van der Waals surface area (Å²) in [6, 6.07) is 12.4. The van der Waals surface area contributed by atoms with Gasteiger partial charge in [-0.3, -0.25) is 9.69 Å². The summed E-state index contributed by atoms with van der Waals surface area (Å²) in [5.74, 6) is 0.503. The molecular formula is C21H28N4O2. The number of piperidine rings is 1. The summed E-state index contributed by atoms with van der Waals surface area (Å²) in [6.45, 7) is 6.04. The number of morpholine rings is 1. The van der Waals surface area contributed by atoms with Crippen LogP contribution in [0.4, 0.5) is 0 Å². The van der Waals surface area contributed by atoms with Crippen LogP contribution >= 0.6 is 0 Å². The molecule has 27 heavy (non-hydrogen) atoms. The minimum atomic E-state index is -0.159. The molecule has 0 radical (unpaired) electrons. The number of rotatable bonds is 5. The Morgan fingerprint density at radius 1 is 1.15 bits per heavy atom. The highest BCUT2D eigenvalue weighted by Gasteiger charge is 2.23. The fraction of sp³-hybridized carbons (Fsp3) is 0.524. The summed E-state index contributed by atoms with van der Waals surface area (Å²) in [5, 5.41) is 7.62. The Bertz CT molecular complexity index is 778. The first-order valence-corrected chi connectivity index (χ1v) is 9.94. The number of likely N-dealkylation sites (tertiary alicyclic amines) is 1. The van der Waals surface area contributed by atoms with Gasteiger partial charge in [0.15, 0.2) is 0 Å². The van der Waals surface area contributed by atoms with Crippen LogP contribution in [0, 0.1) is 5.92 Å². The second-order valence-corrected chi connectivity index (χ2v) is 7.54. The fourth-order valence-corrected chi connectivity index (χ4v) is 4.02. The maximum Gasteiger partial charge on any atom is 0.272 e. The van der Waals surface area contributed by atoms with Crippen molar-refractivity contribution in [1.29, 1.82) is 0 Å². The van der Waals surface area contributed by atoms with E-state index in [1.165, 1.54) is 5.56 Å². The molecule has 0 saturated carbocycles. The van der Waals surface area contributed by atoms with Gasteiger partial charge in [-0.1, -0.05) is 30.3 Å². The average Bonchev–Trinajstić information content (AvgIpc) is 2.72.